The Morgan fingerprint density at radius 2 is 1.80 bits per heavy atom. The lowest BCUT2D eigenvalue weighted by molar-refractivity contribution is 0.185. The molecule has 1 aliphatic rings. The number of likely N-dealkylation sites (tertiary alicyclic amines) is 1. The number of piperidine rings is 1. The van der Waals surface area contributed by atoms with Gasteiger partial charge in [-0.3, -0.25) is 4.90 Å². The van der Waals surface area contributed by atoms with Crippen LogP contribution in [0.15, 0.2) is 24.3 Å². The first-order valence-corrected chi connectivity index (χ1v) is 9.07. The smallest absolute Gasteiger partial charge is 0.209 e. The Bertz CT molecular complexity index is 535. The molecule has 5 heteroatoms. The summed E-state index contributed by atoms with van der Waals surface area (Å²) in [7, 11) is -3.14. The third-order valence-electron chi connectivity index (χ3n) is 3.91. The normalized spacial score (nSPS) is 18.3. The fourth-order valence-corrected chi connectivity index (χ4v) is 2.97. The third-order valence-corrected chi connectivity index (χ3v) is 4.58. The maximum Gasteiger partial charge on any atom is 0.209 e. The number of sulfonamides is 1. The van der Waals surface area contributed by atoms with Gasteiger partial charge >= 0.3 is 0 Å². The molecule has 2 rings (SSSR count). The van der Waals surface area contributed by atoms with Crippen LogP contribution < -0.4 is 4.72 Å². The minimum absolute atomic E-state index is 0.374. The Kier molecular flexibility index (Phi) is 5.18. The van der Waals surface area contributed by atoms with Crippen LogP contribution in [0.3, 0.4) is 0 Å². The molecule has 0 unspecified atom stereocenters. The van der Waals surface area contributed by atoms with Crippen molar-refractivity contribution in [3.05, 3.63) is 35.4 Å². The minimum atomic E-state index is -3.14. The number of hydrogen-bond acceptors (Lipinski definition) is 3. The molecule has 112 valence electrons. The van der Waals surface area contributed by atoms with Crippen molar-refractivity contribution < 1.29 is 8.42 Å². The van der Waals surface area contributed by atoms with Gasteiger partial charge in [-0.2, -0.15) is 0 Å². The molecule has 1 N–H and O–H groups in total. The van der Waals surface area contributed by atoms with E-state index in [0.29, 0.717) is 6.54 Å². The molecule has 0 spiro atoms. The average molecular weight is 296 g/mol. The number of nitrogens with one attached hydrogen (secondary N) is 1. The first kappa shape index (κ1) is 15.5. The van der Waals surface area contributed by atoms with Crippen LogP contribution in [0.5, 0.6) is 0 Å². The van der Waals surface area contributed by atoms with E-state index in [1.54, 1.807) is 0 Å². The second-order valence-corrected chi connectivity index (χ2v) is 7.65. The fraction of sp³-hybridized carbons (Fsp3) is 0.600. The molecule has 1 fully saturated rings. The first-order valence-electron chi connectivity index (χ1n) is 7.18. The summed E-state index contributed by atoms with van der Waals surface area (Å²) in [4.78, 5) is 2.46. The zero-order valence-corrected chi connectivity index (χ0v) is 13.1. The molecule has 1 saturated heterocycles. The molecule has 0 aromatic heterocycles. The number of benzene rings is 1. The molecule has 0 bridgehead atoms. The van der Waals surface area contributed by atoms with Crippen LogP contribution >= 0.6 is 0 Å². The van der Waals surface area contributed by atoms with Gasteiger partial charge in [0.1, 0.15) is 0 Å². The molecule has 20 heavy (non-hydrogen) atoms. The quantitative estimate of drug-likeness (QED) is 0.904. The van der Waals surface area contributed by atoms with E-state index in [1.165, 1.54) is 24.7 Å². The van der Waals surface area contributed by atoms with Crippen molar-refractivity contribution in [1.82, 2.24) is 9.62 Å². The van der Waals surface area contributed by atoms with Gasteiger partial charge in [-0.15, -0.1) is 0 Å². The van der Waals surface area contributed by atoms with E-state index in [4.69, 9.17) is 0 Å². The van der Waals surface area contributed by atoms with Crippen molar-refractivity contribution in [3.63, 3.8) is 0 Å². The Hall–Kier alpha value is -0.910. The Balaban J connectivity index is 2.00. The van der Waals surface area contributed by atoms with Crippen molar-refractivity contribution in [2.45, 2.75) is 32.9 Å². The molecule has 0 amide bonds. The molecular weight excluding hydrogens is 272 g/mol. The van der Waals surface area contributed by atoms with Crippen LogP contribution in [0.1, 0.15) is 30.9 Å². The van der Waals surface area contributed by atoms with Gasteiger partial charge in [-0.1, -0.05) is 31.2 Å². The van der Waals surface area contributed by atoms with Crippen LogP contribution in [0.4, 0.5) is 0 Å². The van der Waals surface area contributed by atoms with E-state index in [-0.39, 0.29) is 0 Å². The summed E-state index contributed by atoms with van der Waals surface area (Å²) >= 11 is 0. The van der Waals surface area contributed by atoms with Crippen LogP contribution in [-0.4, -0.2) is 32.7 Å². The maximum atomic E-state index is 11.2. The fourth-order valence-electron chi connectivity index (χ4n) is 2.55. The highest BCUT2D eigenvalue weighted by Gasteiger charge is 2.16. The standard InChI is InChI=1S/C15H24N2O2S/c1-13-7-9-17(10-8-13)12-15-6-4-3-5-14(15)11-16-20(2,18)19/h3-6,13,16H,7-12H2,1-2H3. The van der Waals surface area contributed by atoms with Crippen molar-refractivity contribution in [3.8, 4) is 0 Å². The van der Waals surface area contributed by atoms with Crippen molar-refractivity contribution in [2.75, 3.05) is 19.3 Å². The van der Waals surface area contributed by atoms with Gasteiger partial charge in [0.15, 0.2) is 0 Å². The Morgan fingerprint density at radius 3 is 2.40 bits per heavy atom. The van der Waals surface area contributed by atoms with E-state index >= 15 is 0 Å². The molecule has 0 aliphatic carbocycles. The predicted molar refractivity (Wildman–Crippen MR) is 81.8 cm³/mol. The van der Waals surface area contributed by atoms with Crippen molar-refractivity contribution >= 4 is 10.0 Å². The molecule has 1 heterocycles. The monoisotopic (exact) mass is 296 g/mol. The number of nitrogens with zero attached hydrogens (tertiary/aromatic N) is 1. The van der Waals surface area contributed by atoms with Crippen molar-refractivity contribution in [1.29, 1.82) is 0 Å². The van der Waals surface area contributed by atoms with Crippen LogP contribution in [0.25, 0.3) is 0 Å². The Labute approximate surface area is 122 Å². The molecule has 0 radical (unpaired) electrons. The highest BCUT2D eigenvalue weighted by atomic mass is 32.2. The summed E-state index contributed by atoms with van der Waals surface area (Å²) in [5.41, 5.74) is 2.29. The van der Waals surface area contributed by atoms with Crippen LogP contribution in [-0.2, 0) is 23.1 Å². The molecule has 1 aliphatic heterocycles. The van der Waals surface area contributed by atoms with Crippen molar-refractivity contribution in [2.24, 2.45) is 5.92 Å². The zero-order valence-electron chi connectivity index (χ0n) is 12.3. The topological polar surface area (TPSA) is 49.4 Å². The molecule has 1 aromatic rings. The molecule has 1 aromatic carbocycles. The van der Waals surface area contributed by atoms with Gasteiger partial charge in [-0.05, 0) is 43.0 Å². The van der Waals surface area contributed by atoms with Gasteiger partial charge < -0.3 is 0 Å². The lowest BCUT2D eigenvalue weighted by Crippen LogP contribution is -2.33. The summed E-state index contributed by atoms with van der Waals surface area (Å²) in [5.74, 6) is 0.827. The Morgan fingerprint density at radius 1 is 1.20 bits per heavy atom. The minimum Gasteiger partial charge on any atom is -0.299 e. The molecular formula is C15H24N2O2S. The van der Waals surface area contributed by atoms with E-state index in [2.05, 4.69) is 22.6 Å². The molecule has 0 saturated carbocycles. The zero-order chi connectivity index (χ0) is 14.6. The van der Waals surface area contributed by atoms with E-state index < -0.39 is 10.0 Å². The molecule has 0 atom stereocenters. The van der Waals surface area contributed by atoms with Gasteiger partial charge in [0.25, 0.3) is 0 Å². The van der Waals surface area contributed by atoms with Gasteiger partial charge in [0.05, 0.1) is 6.26 Å². The summed E-state index contributed by atoms with van der Waals surface area (Å²) in [5, 5.41) is 0. The maximum absolute atomic E-state index is 11.2. The second-order valence-electron chi connectivity index (χ2n) is 5.82. The lowest BCUT2D eigenvalue weighted by atomic mass is 9.98. The van der Waals surface area contributed by atoms with Gasteiger partial charge in [-0.25, -0.2) is 13.1 Å². The van der Waals surface area contributed by atoms with Gasteiger partial charge in [0.2, 0.25) is 10.0 Å². The summed E-state index contributed by atoms with van der Waals surface area (Å²) in [6.07, 6.45) is 3.70. The SMILES string of the molecule is CC1CCN(Cc2ccccc2CNS(C)(=O)=O)CC1. The van der Waals surface area contributed by atoms with E-state index in [9.17, 15) is 8.42 Å². The summed E-state index contributed by atoms with van der Waals surface area (Å²) in [6, 6.07) is 8.07. The van der Waals surface area contributed by atoms with E-state index in [1.807, 2.05) is 18.2 Å². The average Bonchev–Trinajstić information content (AvgIpc) is 2.39. The third kappa shape index (κ3) is 4.89. The van der Waals surface area contributed by atoms with Gasteiger partial charge in [0, 0.05) is 13.1 Å². The second kappa shape index (κ2) is 6.70. The van der Waals surface area contributed by atoms with E-state index in [0.717, 1.165) is 31.1 Å². The highest BCUT2D eigenvalue weighted by Crippen LogP contribution is 2.19. The number of hydrogen-bond donors (Lipinski definition) is 1. The van der Waals surface area contributed by atoms with Crippen LogP contribution in [0, 0.1) is 5.92 Å². The van der Waals surface area contributed by atoms with Crippen LogP contribution in [0.2, 0.25) is 0 Å². The first-order chi connectivity index (χ1) is 9.44. The predicted octanol–water partition coefficient (Wildman–Crippen LogP) is 1.97. The lowest BCUT2D eigenvalue weighted by Gasteiger charge is -2.30. The molecule has 4 nitrogen and oxygen atoms in total. The largest absolute Gasteiger partial charge is 0.299 e. The summed E-state index contributed by atoms with van der Waals surface area (Å²) < 4.78 is 25.0. The summed E-state index contributed by atoms with van der Waals surface area (Å²) in [6.45, 7) is 5.86. The highest BCUT2D eigenvalue weighted by molar-refractivity contribution is 7.88. The number of rotatable bonds is 5.